The predicted octanol–water partition coefficient (Wildman–Crippen LogP) is 2.29. The van der Waals surface area contributed by atoms with E-state index in [1.165, 1.54) is 25.7 Å². The lowest BCUT2D eigenvalue weighted by atomic mass is 9.82. The van der Waals surface area contributed by atoms with Crippen LogP contribution in [0, 0.1) is 11.8 Å². The SMILES string of the molecule is CN=C(NCC1CCCC(C)C1)NC1CCN(S(=O)(=O)C(F)(F)F)CC1. The molecule has 2 fully saturated rings. The van der Waals surface area contributed by atoms with Gasteiger partial charge in [0.15, 0.2) is 5.96 Å². The Morgan fingerprint density at radius 1 is 1.19 bits per heavy atom. The Hall–Kier alpha value is -1.03. The van der Waals surface area contributed by atoms with Crippen LogP contribution in [0.25, 0.3) is 0 Å². The van der Waals surface area contributed by atoms with Gasteiger partial charge in [-0.05, 0) is 37.5 Å². The van der Waals surface area contributed by atoms with Crippen molar-refractivity contribution in [1.29, 1.82) is 0 Å². The van der Waals surface area contributed by atoms with Gasteiger partial charge in [0.25, 0.3) is 0 Å². The molecule has 10 heteroatoms. The molecule has 0 bridgehead atoms. The first-order valence-electron chi connectivity index (χ1n) is 9.17. The van der Waals surface area contributed by atoms with E-state index in [4.69, 9.17) is 0 Å². The highest BCUT2D eigenvalue weighted by Crippen LogP contribution is 2.29. The van der Waals surface area contributed by atoms with Crippen LogP contribution in [-0.4, -0.2) is 56.9 Å². The molecule has 2 atom stereocenters. The minimum atomic E-state index is -5.23. The third-order valence-electron chi connectivity index (χ3n) is 5.25. The van der Waals surface area contributed by atoms with Crippen LogP contribution in [0.4, 0.5) is 13.2 Å². The summed E-state index contributed by atoms with van der Waals surface area (Å²) in [6.45, 7) is 2.81. The molecule has 2 unspecified atom stereocenters. The summed E-state index contributed by atoms with van der Waals surface area (Å²) < 4.78 is 61.2. The van der Waals surface area contributed by atoms with Crippen LogP contribution in [0.1, 0.15) is 45.4 Å². The molecule has 6 nitrogen and oxygen atoms in total. The van der Waals surface area contributed by atoms with Gasteiger partial charge in [-0.2, -0.15) is 17.5 Å². The van der Waals surface area contributed by atoms with E-state index in [0.29, 0.717) is 29.0 Å². The quantitative estimate of drug-likeness (QED) is 0.563. The molecular formula is C16H29F3N4O2S. The standard InChI is InChI=1S/C16H29F3N4O2S/c1-12-4-3-5-13(10-12)11-21-15(20-2)22-14-6-8-23(9-7-14)26(24,25)16(17,18)19/h12-14H,3-11H2,1-2H3,(H2,20,21,22). The molecule has 0 aromatic rings. The minimum Gasteiger partial charge on any atom is -0.356 e. The highest BCUT2D eigenvalue weighted by atomic mass is 32.2. The average molecular weight is 398 g/mol. The van der Waals surface area contributed by atoms with E-state index in [1.54, 1.807) is 7.05 Å². The molecule has 26 heavy (non-hydrogen) atoms. The van der Waals surface area contributed by atoms with Crippen molar-refractivity contribution >= 4 is 16.0 Å². The van der Waals surface area contributed by atoms with Gasteiger partial charge in [-0.3, -0.25) is 4.99 Å². The number of hydrogen-bond acceptors (Lipinski definition) is 3. The number of aliphatic imine (C=N–C) groups is 1. The fraction of sp³-hybridized carbons (Fsp3) is 0.938. The van der Waals surface area contributed by atoms with E-state index in [2.05, 4.69) is 22.5 Å². The molecule has 1 saturated heterocycles. The van der Waals surface area contributed by atoms with E-state index in [-0.39, 0.29) is 19.1 Å². The van der Waals surface area contributed by atoms with Crippen LogP contribution in [0.2, 0.25) is 0 Å². The predicted molar refractivity (Wildman–Crippen MR) is 95.2 cm³/mol. The van der Waals surface area contributed by atoms with Crippen LogP contribution in [0.5, 0.6) is 0 Å². The average Bonchev–Trinajstić information content (AvgIpc) is 2.58. The summed E-state index contributed by atoms with van der Waals surface area (Å²) in [6.07, 6.45) is 5.54. The van der Waals surface area contributed by atoms with Crippen molar-refractivity contribution in [2.45, 2.75) is 57.0 Å². The number of nitrogens with one attached hydrogen (secondary N) is 2. The highest BCUT2D eigenvalue weighted by molar-refractivity contribution is 7.90. The number of nitrogens with zero attached hydrogens (tertiary/aromatic N) is 2. The molecule has 0 aromatic carbocycles. The third kappa shape index (κ3) is 5.48. The summed E-state index contributed by atoms with van der Waals surface area (Å²) in [6, 6.07) is -0.0915. The summed E-state index contributed by atoms with van der Waals surface area (Å²) >= 11 is 0. The van der Waals surface area contributed by atoms with Crippen LogP contribution >= 0.6 is 0 Å². The van der Waals surface area contributed by atoms with Gasteiger partial charge in [0.05, 0.1) is 0 Å². The molecule has 0 spiro atoms. The minimum absolute atomic E-state index is 0.0915. The summed E-state index contributed by atoms with van der Waals surface area (Å²) in [7, 11) is -3.57. The second-order valence-electron chi connectivity index (χ2n) is 7.36. The molecule has 0 aromatic heterocycles. The number of rotatable bonds is 4. The maximum atomic E-state index is 12.6. The van der Waals surface area contributed by atoms with E-state index in [9.17, 15) is 21.6 Å². The number of guanidine groups is 1. The van der Waals surface area contributed by atoms with Crippen LogP contribution in [0.3, 0.4) is 0 Å². The lowest BCUT2D eigenvalue weighted by Crippen LogP contribution is -2.52. The zero-order chi connectivity index (χ0) is 19.4. The van der Waals surface area contributed by atoms with Crippen molar-refractivity contribution < 1.29 is 21.6 Å². The van der Waals surface area contributed by atoms with Crippen molar-refractivity contribution in [3.8, 4) is 0 Å². The van der Waals surface area contributed by atoms with Gasteiger partial charge < -0.3 is 10.6 Å². The van der Waals surface area contributed by atoms with Gasteiger partial charge in [-0.1, -0.05) is 19.8 Å². The van der Waals surface area contributed by atoms with E-state index in [0.717, 1.165) is 12.5 Å². The summed E-state index contributed by atoms with van der Waals surface area (Å²) in [5, 5.41) is 6.50. The molecule has 152 valence electrons. The van der Waals surface area contributed by atoms with E-state index >= 15 is 0 Å². The van der Waals surface area contributed by atoms with Crippen molar-refractivity contribution in [2.24, 2.45) is 16.8 Å². The molecule has 0 radical (unpaired) electrons. The summed E-state index contributed by atoms with van der Waals surface area (Å²) in [5.74, 6) is 1.97. The van der Waals surface area contributed by atoms with Crippen molar-refractivity contribution in [1.82, 2.24) is 14.9 Å². The molecule has 0 amide bonds. The van der Waals surface area contributed by atoms with Crippen molar-refractivity contribution in [3.63, 3.8) is 0 Å². The van der Waals surface area contributed by atoms with Crippen LogP contribution in [0.15, 0.2) is 4.99 Å². The Morgan fingerprint density at radius 3 is 2.38 bits per heavy atom. The molecule has 2 rings (SSSR count). The van der Waals surface area contributed by atoms with Crippen LogP contribution < -0.4 is 10.6 Å². The Bertz CT molecular complexity index is 587. The third-order valence-corrected chi connectivity index (χ3v) is 6.88. The van der Waals surface area contributed by atoms with E-state index < -0.39 is 15.5 Å². The first kappa shape index (κ1) is 21.3. The Labute approximate surface area is 153 Å². The number of halogens is 3. The molecule has 1 heterocycles. The van der Waals surface area contributed by atoms with Crippen molar-refractivity contribution in [3.05, 3.63) is 0 Å². The number of alkyl halides is 3. The summed E-state index contributed by atoms with van der Waals surface area (Å²) in [5.41, 5.74) is -5.23. The normalized spacial score (nSPS) is 27.3. The Morgan fingerprint density at radius 2 is 1.85 bits per heavy atom. The van der Waals surface area contributed by atoms with E-state index in [1.807, 2.05) is 0 Å². The topological polar surface area (TPSA) is 73.8 Å². The summed E-state index contributed by atoms with van der Waals surface area (Å²) in [4.78, 5) is 4.18. The largest absolute Gasteiger partial charge is 0.511 e. The smallest absolute Gasteiger partial charge is 0.356 e. The van der Waals surface area contributed by atoms with Gasteiger partial charge in [-0.25, -0.2) is 8.42 Å². The maximum Gasteiger partial charge on any atom is 0.511 e. The zero-order valence-corrected chi connectivity index (χ0v) is 16.2. The molecule has 2 N–H and O–H groups in total. The molecule has 1 aliphatic heterocycles. The number of piperidine rings is 1. The molecule has 2 aliphatic rings. The van der Waals surface area contributed by atoms with Gasteiger partial charge in [0.1, 0.15) is 0 Å². The monoisotopic (exact) mass is 398 g/mol. The fourth-order valence-corrected chi connectivity index (χ4v) is 4.75. The van der Waals surface area contributed by atoms with Gasteiger partial charge in [0, 0.05) is 32.7 Å². The first-order chi connectivity index (χ1) is 12.1. The zero-order valence-electron chi connectivity index (χ0n) is 15.3. The fourth-order valence-electron chi connectivity index (χ4n) is 3.76. The van der Waals surface area contributed by atoms with Gasteiger partial charge >= 0.3 is 15.5 Å². The van der Waals surface area contributed by atoms with Gasteiger partial charge in [0.2, 0.25) is 0 Å². The lowest BCUT2D eigenvalue weighted by molar-refractivity contribution is -0.0494. The molecular weight excluding hydrogens is 369 g/mol. The van der Waals surface area contributed by atoms with Gasteiger partial charge in [-0.15, -0.1) is 0 Å². The van der Waals surface area contributed by atoms with Crippen LogP contribution in [-0.2, 0) is 10.0 Å². The second kappa shape index (κ2) is 8.77. The van der Waals surface area contributed by atoms with Crippen molar-refractivity contribution in [2.75, 3.05) is 26.7 Å². The molecule has 1 saturated carbocycles. The number of hydrogen-bond donors (Lipinski definition) is 2. The molecule has 1 aliphatic carbocycles. The Kier molecular flexibility index (Phi) is 7.18. The number of sulfonamides is 1. The Balaban J connectivity index is 1.78. The lowest BCUT2D eigenvalue weighted by Gasteiger charge is -2.33. The second-order valence-corrected chi connectivity index (χ2v) is 9.29. The first-order valence-corrected chi connectivity index (χ1v) is 10.6. The maximum absolute atomic E-state index is 12.6. The highest BCUT2D eigenvalue weighted by Gasteiger charge is 2.50.